The van der Waals surface area contributed by atoms with Gasteiger partial charge >= 0.3 is 0 Å². The number of nitrogens with two attached hydrogens (primary N) is 1. The molecule has 0 unspecified atom stereocenters. The van der Waals surface area contributed by atoms with Gasteiger partial charge in [-0.2, -0.15) is 0 Å². The summed E-state index contributed by atoms with van der Waals surface area (Å²) in [6, 6.07) is 5.06. The number of halogens is 1. The van der Waals surface area contributed by atoms with Gasteiger partial charge in [0.1, 0.15) is 10.6 Å². The minimum Gasteiger partial charge on any atom is -0.393 e. The summed E-state index contributed by atoms with van der Waals surface area (Å²) < 4.78 is 17.3. The number of amides is 1. The molecule has 2 heterocycles. The van der Waals surface area contributed by atoms with Gasteiger partial charge in [-0.05, 0) is 61.1 Å². The highest BCUT2D eigenvalue weighted by Gasteiger charge is 2.36. The Kier molecular flexibility index (Phi) is 5.33. The summed E-state index contributed by atoms with van der Waals surface area (Å²) in [5.74, 6) is -1.41. The molecule has 5 rings (SSSR count). The summed E-state index contributed by atoms with van der Waals surface area (Å²) in [5.41, 5.74) is 7.71. The Morgan fingerprint density at radius 1 is 1.24 bits per heavy atom. The van der Waals surface area contributed by atoms with Crippen molar-refractivity contribution in [1.29, 1.82) is 0 Å². The highest BCUT2D eigenvalue weighted by atomic mass is 32.1. The van der Waals surface area contributed by atoms with Crippen molar-refractivity contribution in [1.82, 2.24) is 4.57 Å². The van der Waals surface area contributed by atoms with Gasteiger partial charge in [0.2, 0.25) is 0 Å². The van der Waals surface area contributed by atoms with E-state index in [2.05, 4.69) is 19.2 Å². The fourth-order valence-electron chi connectivity index (χ4n) is 5.37. The molecule has 174 valence electrons. The van der Waals surface area contributed by atoms with Crippen LogP contribution in [0.1, 0.15) is 72.4 Å². The molecule has 0 atom stereocenters. The Morgan fingerprint density at radius 3 is 2.67 bits per heavy atom. The van der Waals surface area contributed by atoms with Gasteiger partial charge in [0, 0.05) is 29.1 Å². The summed E-state index contributed by atoms with van der Waals surface area (Å²) in [6.07, 6.45) is 3.61. The highest BCUT2D eigenvalue weighted by molar-refractivity contribution is 7.17. The van der Waals surface area contributed by atoms with Crippen molar-refractivity contribution in [3.05, 3.63) is 46.2 Å². The Bertz CT molecular complexity index is 1270. The molecule has 1 saturated carbocycles. The lowest BCUT2D eigenvalue weighted by Gasteiger charge is -2.30. The lowest BCUT2D eigenvalue weighted by molar-refractivity contribution is 0.0911. The van der Waals surface area contributed by atoms with Crippen LogP contribution < -0.4 is 11.1 Å². The first kappa shape index (κ1) is 22.1. The van der Waals surface area contributed by atoms with Gasteiger partial charge in [-0.25, -0.2) is 4.39 Å². The molecular formula is C25H28FN3O3S. The Labute approximate surface area is 195 Å². The number of aliphatic hydroxyl groups excluding tert-OH is 1. The van der Waals surface area contributed by atoms with Crippen LogP contribution in [-0.2, 0) is 6.42 Å². The van der Waals surface area contributed by atoms with Crippen LogP contribution >= 0.6 is 11.3 Å². The number of ketones is 1. The molecule has 0 aliphatic heterocycles. The van der Waals surface area contributed by atoms with E-state index in [9.17, 15) is 14.7 Å². The molecule has 4 N–H and O–H groups in total. The molecule has 0 spiro atoms. The van der Waals surface area contributed by atoms with Crippen LogP contribution in [0.5, 0.6) is 0 Å². The summed E-state index contributed by atoms with van der Waals surface area (Å²) >= 11 is 1.51. The maximum Gasteiger partial charge on any atom is 0.253 e. The van der Waals surface area contributed by atoms with Crippen LogP contribution in [0.2, 0.25) is 0 Å². The molecule has 2 aliphatic carbocycles. The molecule has 1 aromatic carbocycles. The number of aliphatic hydroxyl groups is 1. The van der Waals surface area contributed by atoms with E-state index in [1.807, 2.05) is 16.0 Å². The second-order valence-electron chi connectivity index (χ2n) is 10.1. The predicted molar refractivity (Wildman–Crippen MR) is 128 cm³/mol. The fourth-order valence-corrected chi connectivity index (χ4v) is 6.32. The van der Waals surface area contributed by atoms with E-state index in [0.717, 1.165) is 34.3 Å². The molecular weight excluding hydrogens is 441 g/mol. The Hall–Kier alpha value is -2.71. The standard InChI is InChI=1S/C25H28FN3O3S/c1-25(2)11-19-21(20(31)12-25)16-7-8-33-24(16)29(19)14-9-17(26)22(23(27)32)18(10-14)28-13-3-5-15(30)6-4-13/h7-10,13,15,28,30H,3-6,11-12H2,1-2H3,(H2,27,32)/t13-,15-. The third-order valence-electron chi connectivity index (χ3n) is 6.88. The molecule has 3 aromatic rings. The van der Waals surface area contributed by atoms with Crippen molar-refractivity contribution in [3.63, 3.8) is 0 Å². The lowest BCUT2D eigenvalue weighted by atomic mass is 9.76. The van der Waals surface area contributed by atoms with Gasteiger partial charge in [-0.3, -0.25) is 9.59 Å². The molecule has 0 radical (unpaired) electrons. The van der Waals surface area contributed by atoms with Gasteiger partial charge in [0.05, 0.1) is 23.0 Å². The number of hydrogen-bond donors (Lipinski definition) is 3. The third kappa shape index (κ3) is 3.85. The quantitative estimate of drug-likeness (QED) is 0.511. The second kappa shape index (κ2) is 7.95. The number of aromatic nitrogens is 1. The van der Waals surface area contributed by atoms with Crippen molar-refractivity contribution in [2.75, 3.05) is 5.32 Å². The van der Waals surface area contributed by atoms with Crippen molar-refractivity contribution in [2.45, 2.75) is 64.5 Å². The Balaban J connectivity index is 1.66. The van der Waals surface area contributed by atoms with Crippen molar-refractivity contribution >= 4 is 38.9 Å². The van der Waals surface area contributed by atoms with E-state index < -0.39 is 11.7 Å². The summed E-state index contributed by atoms with van der Waals surface area (Å²) in [5, 5.41) is 16.0. The van der Waals surface area contributed by atoms with Crippen molar-refractivity contribution in [3.8, 4) is 5.69 Å². The van der Waals surface area contributed by atoms with Crippen LogP contribution in [-0.4, -0.2) is 33.5 Å². The number of fused-ring (bicyclic) bond motifs is 3. The van der Waals surface area contributed by atoms with Gasteiger partial charge < -0.3 is 20.7 Å². The van der Waals surface area contributed by atoms with E-state index in [0.29, 0.717) is 37.1 Å². The summed E-state index contributed by atoms with van der Waals surface area (Å²) in [7, 11) is 0. The molecule has 0 saturated heterocycles. The van der Waals surface area contributed by atoms with E-state index in [-0.39, 0.29) is 28.9 Å². The zero-order valence-electron chi connectivity index (χ0n) is 18.8. The molecule has 8 heteroatoms. The van der Waals surface area contributed by atoms with E-state index in [4.69, 9.17) is 5.73 Å². The second-order valence-corrected chi connectivity index (χ2v) is 11.0. The monoisotopic (exact) mass is 469 g/mol. The van der Waals surface area contributed by atoms with Gasteiger partial charge in [-0.15, -0.1) is 11.3 Å². The highest BCUT2D eigenvalue weighted by Crippen LogP contribution is 2.43. The first-order valence-corrected chi connectivity index (χ1v) is 12.2. The summed E-state index contributed by atoms with van der Waals surface area (Å²) in [4.78, 5) is 26.1. The topological polar surface area (TPSA) is 97.4 Å². The van der Waals surface area contributed by atoms with Crippen LogP contribution in [0, 0.1) is 11.2 Å². The normalized spacial score (nSPS) is 22.4. The van der Waals surface area contributed by atoms with E-state index in [1.54, 1.807) is 6.07 Å². The number of hydrogen-bond acceptors (Lipinski definition) is 5. The zero-order valence-corrected chi connectivity index (χ0v) is 19.6. The number of benzene rings is 1. The maximum atomic E-state index is 15.3. The van der Waals surface area contributed by atoms with E-state index in [1.165, 1.54) is 17.4 Å². The molecule has 2 aromatic heterocycles. The smallest absolute Gasteiger partial charge is 0.253 e. The number of carbonyl (C=O) groups is 2. The maximum absolute atomic E-state index is 15.3. The largest absolute Gasteiger partial charge is 0.393 e. The van der Waals surface area contributed by atoms with E-state index >= 15 is 4.39 Å². The number of nitrogens with zero attached hydrogens (tertiary/aromatic N) is 1. The molecule has 1 fully saturated rings. The lowest BCUT2D eigenvalue weighted by Crippen LogP contribution is -2.30. The number of Topliss-reactive ketones (excluding diaryl/α,β-unsaturated/α-hetero) is 1. The average molecular weight is 470 g/mol. The number of rotatable bonds is 4. The van der Waals surface area contributed by atoms with Gasteiger partial charge in [0.15, 0.2) is 5.78 Å². The van der Waals surface area contributed by atoms with Crippen LogP contribution in [0.3, 0.4) is 0 Å². The predicted octanol–water partition coefficient (Wildman–Crippen LogP) is 4.80. The number of anilines is 1. The number of carbonyl (C=O) groups excluding carboxylic acids is 2. The Morgan fingerprint density at radius 2 is 1.97 bits per heavy atom. The van der Waals surface area contributed by atoms with Crippen LogP contribution in [0.15, 0.2) is 23.6 Å². The van der Waals surface area contributed by atoms with Crippen LogP contribution in [0.4, 0.5) is 10.1 Å². The average Bonchev–Trinajstić information content (AvgIpc) is 3.28. The molecule has 2 aliphatic rings. The number of thiophene rings is 1. The first-order chi connectivity index (χ1) is 15.6. The molecule has 33 heavy (non-hydrogen) atoms. The minimum absolute atomic E-state index is 0.0157. The first-order valence-electron chi connectivity index (χ1n) is 11.4. The van der Waals surface area contributed by atoms with Gasteiger partial charge in [-0.1, -0.05) is 13.8 Å². The van der Waals surface area contributed by atoms with Crippen LogP contribution in [0.25, 0.3) is 15.9 Å². The van der Waals surface area contributed by atoms with Crippen molar-refractivity contribution < 1.29 is 19.1 Å². The SMILES string of the molecule is CC1(C)CC(=O)c2c(n(-c3cc(F)c(C(N)=O)c(N[C@H]4CC[C@H](O)CC4)c3)c3sccc23)C1. The minimum atomic E-state index is -0.829. The number of nitrogens with one attached hydrogen (secondary N) is 1. The number of primary amides is 1. The van der Waals surface area contributed by atoms with Crippen molar-refractivity contribution in [2.24, 2.45) is 11.1 Å². The zero-order chi connectivity index (χ0) is 23.5. The molecule has 6 nitrogen and oxygen atoms in total. The molecule has 1 amide bonds. The fraction of sp³-hybridized carbons (Fsp3) is 0.440. The van der Waals surface area contributed by atoms with Gasteiger partial charge in [0.25, 0.3) is 5.91 Å². The molecule has 0 bridgehead atoms. The summed E-state index contributed by atoms with van der Waals surface area (Å²) in [6.45, 7) is 4.14. The third-order valence-corrected chi connectivity index (χ3v) is 7.77.